The van der Waals surface area contributed by atoms with Crippen molar-refractivity contribution in [1.82, 2.24) is 0 Å². The molecule has 1 aliphatic rings. The number of nitrogens with zero attached hydrogens (tertiary/aromatic N) is 1. The van der Waals surface area contributed by atoms with Gasteiger partial charge in [-0.05, 0) is 98.4 Å². The van der Waals surface area contributed by atoms with Gasteiger partial charge >= 0.3 is 7.12 Å². The van der Waals surface area contributed by atoms with E-state index in [9.17, 15) is 0 Å². The van der Waals surface area contributed by atoms with Crippen molar-refractivity contribution in [3.63, 3.8) is 0 Å². The lowest BCUT2D eigenvalue weighted by molar-refractivity contribution is 0.00578. The summed E-state index contributed by atoms with van der Waals surface area (Å²) in [6, 6.07) is 48.5. The minimum atomic E-state index is -0.397. The largest absolute Gasteiger partial charge is 0.497 e. The van der Waals surface area contributed by atoms with Crippen molar-refractivity contribution in [3.8, 4) is 28.0 Å². The fraction of sp³-hybridized carbons (Fsp3) is 0.163. The molecule has 7 aromatic rings. The van der Waals surface area contributed by atoms with E-state index in [1.165, 1.54) is 0 Å². The average Bonchev–Trinajstić information content (AvgIpc) is 3.61. The van der Waals surface area contributed by atoms with Crippen LogP contribution >= 0.6 is 0 Å². The van der Waals surface area contributed by atoms with Gasteiger partial charge in [0.2, 0.25) is 0 Å². The Hall–Kier alpha value is -5.30. The molecule has 0 saturated carbocycles. The number of rotatable bonds is 7. The maximum Gasteiger partial charge on any atom is 0.494 e. The first kappa shape index (κ1) is 31.0. The monoisotopic (exact) mass is 643 g/mol. The van der Waals surface area contributed by atoms with Crippen molar-refractivity contribution < 1.29 is 18.5 Å². The molecule has 0 radical (unpaired) electrons. The maximum atomic E-state index is 6.61. The number of benzene rings is 6. The van der Waals surface area contributed by atoms with Crippen LogP contribution in [0.1, 0.15) is 27.7 Å². The first-order valence-electron chi connectivity index (χ1n) is 16.7. The van der Waals surface area contributed by atoms with Crippen molar-refractivity contribution in [2.24, 2.45) is 0 Å². The Balaban J connectivity index is 1.25. The van der Waals surface area contributed by atoms with Crippen LogP contribution in [0.2, 0.25) is 0 Å². The lowest BCUT2D eigenvalue weighted by Gasteiger charge is -2.32. The van der Waals surface area contributed by atoms with E-state index in [0.717, 1.165) is 72.5 Å². The molecule has 0 spiro atoms. The summed E-state index contributed by atoms with van der Waals surface area (Å²) < 4.78 is 24.8. The highest BCUT2D eigenvalue weighted by Crippen LogP contribution is 2.44. The van der Waals surface area contributed by atoms with E-state index in [1.54, 1.807) is 7.11 Å². The van der Waals surface area contributed by atoms with Crippen LogP contribution in [-0.4, -0.2) is 25.4 Å². The van der Waals surface area contributed by atoms with Gasteiger partial charge in [0, 0.05) is 39.5 Å². The van der Waals surface area contributed by atoms with Gasteiger partial charge < -0.3 is 23.4 Å². The number of anilines is 3. The molecule has 2 heterocycles. The summed E-state index contributed by atoms with van der Waals surface area (Å²) in [5.41, 5.74) is 9.33. The van der Waals surface area contributed by atoms with E-state index in [1.807, 2.05) is 30.3 Å². The van der Waals surface area contributed by atoms with Crippen LogP contribution < -0.4 is 15.1 Å². The van der Waals surface area contributed by atoms with Crippen LogP contribution in [0.4, 0.5) is 17.1 Å². The van der Waals surface area contributed by atoms with E-state index in [0.29, 0.717) is 0 Å². The van der Waals surface area contributed by atoms with Crippen LogP contribution in [0.25, 0.3) is 44.2 Å². The molecule has 0 amide bonds. The first-order valence-corrected chi connectivity index (χ1v) is 16.7. The van der Waals surface area contributed by atoms with Gasteiger partial charge in [0.25, 0.3) is 0 Å². The highest BCUT2D eigenvalue weighted by molar-refractivity contribution is 6.62. The molecule has 0 bridgehead atoms. The van der Waals surface area contributed by atoms with Crippen molar-refractivity contribution in [2.45, 2.75) is 38.9 Å². The lowest BCUT2D eigenvalue weighted by atomic mass is 9.78. The van der Waals surface area contributed by atoms with Gasteiger partial charge in [0.15, 0.2) is 0 Å². The number of fused-ring (bicyclic) bond motifs is 3. The van der Waals surface area contributed by atoms with E-state index >= 15 is 0 Å². The van der Waals surface area contributed by atoms with E-state index < -0.39 is 7.12 Å². The van der Waals surface area contributed by atoms with Crippen molar-refractivity contribution >= 4 is 51.6 Å². The number of ether oxygens (including phenoxy) is 1. The zero-order chi connectivity index (χ0) is 33.8. The van der Waals surface area contributed by atoms with E-state index in [2.05, 4.69) is 142 Å². The molecule has 0 atom stereocenters. The Kier molecular flexibility index (Phi) is 7.59. The minimum Gasteiger partial charge on any atom is -0.497 e. The standard InChI is InChI=1S/C43H38BNO4/c1-42(2)43(3,4)49-44(48-42)32-23-21-29(22-24-32)30-13-11-14-31(25-30)38-27-35(28-39-37-19-9-10-20-40(37)47-41(38)39)45(33-15-7-6-8-16-33)34-17-12-18-36(26-34)46-5/h6-28H,1-5H3. The molecule has 0 N–H and O–H groups in total. The first-order chi connectivity index (χ1) is 23.7. The molecule has 6 aromatic carbocycles. The Labute approximate surface area is 287 Å². The van der Waals surface area contributed by atoms with E-state index in [-0.39, 0.29) is 11.2 Å². The number of hydrogen-bond acceptors (Lipinski definition) is 5. The summed E-state index contributed by atoms with van der Waals surface area (Å²) in [7, 11) is 1.30. The molecule has 0 unspecified atom stereocenters. The van der Waals surface area contributed by atoms with Gasteiger partial charge in [-0.25, -0.2) is 0 Å². The van der Waals surface area contributed by atoms with Crippen LogP contribution in [0, 0.1) is 0 Å². The highest BCUT2D eigenvalue weighted by Gasteiger charge is 2.51. The molecule has 0 aliphatic carbocycles. The Morgan fingerprint density at radius 2 is 1.22 bits per heavy atom. The summed E-state index contributed by atoms with van der Waals surface area (Å²) in [5, 5.41) is 2.14. The molecule has 5 nitrogen and oxygen atoms in total. The fourth-order valence-electron chi connectivity index (χ4n) is 6.61. The molecule has 49 heavy (non-hydrogen) atoms. The zero-order valence-electron chi connectivity index (χ0n) is 28.4. The van der Waals surface area contributed by atoms with Crippen molar-refractivity contribution in [2.75, 3.05) is 12.0 Å². The van der Waals surface area contributed by atoms with Gasteiger partial charge in [-0.1, -0.05) is 84.9 Å². The van der Waals surface area contributed by atoms with Gasteiger partial charge in [-0.15, -0.1) is 0 Å². The average molecular weight is 644 g/mol. The number of hydrogen-bond donors (Lipinski definition) is 0. The molecule has 1 saturated heterocycles. The summed E-state index contributed by atoms with van der Waals surface area (Å²) in [5.74, 6) is 0.797. The Morgan fingerprint density at radius 3 is 1.98 bits per heavy atom. The summed E-state index contributed by atoms with van der Waals surface area (Å²) in [4.78, 5) is 2.27. The predicted octanol–water partition coefficient (Wildman–Crippen LogP) is 10.7. The maximum absolute atomic E-state index is 6.61. The highest BCUT2D eigenvalue weighted by atomic mass is 16.7. The Bertz CT molecular complexity index is 2280. The van der Waals surface area contributed by atoms with Crippen LogP contribution in [0.15, 0.2) is 144 Å². The second-order valence-electron chi connectivity index (χ2n) is 13.6. The van der Waals surface area contributed by atoms with Gasteiger partial charge in [-0.3, -0.25) is 0 Å². The third-order valence-electron chi connectivity index (χ3n) is 9.99. The molecular weight excluding hydrogens is 605 g/mol. The molecule has 6 heteroatoms. The summed E-state index contributed by atoms with van der Waals surface area (Å²) in [6.07, 6.45) is 0. The molecular formula is C43H38BNO4. The molecule has 242 valence electrons. The van der Waals surface area contributed by atoms with Crippen LogP contribution in [0.5, 0.6) is 5.75 Å². The SMILES string of the molecule is COc1cccc(N(c2ccccc2)c2cc(-c3cccc(-c4ccc(B5OC(C)(C)C(C)(C)O5)cc4)c3)c3oc4ccccc4c3c2)c1. The third kappa shape index (κ3) is 5.57. The topological polar surface area (TPSA) is 44.1 Å². The van der Waals surface area contributed by atoms with Crippen molar-refractivity contribution in [3.05, 3.63) is 140 Å². The summed E-state index contributed by atoms with van der Waals surface area (Å²) >= 11 is 0. The van der Waals surface area contributed by atoms with Gasteiger partial charge in [0.1, 0.15) is 16.9 Å². The summed E-state index contributed by atoms with van der Waals surface area (Å²) in [6.45, 7) is 8.32. The molecule has 8 rings (SSSR count). The number of furan rings is 1. The molecule has 1 aromatic heterocycles. The second-order valence-corrected chi connectivity index (χ2v) is 13.6. The lowest BCUT2D eigenvalue weighted by Crippen LogP contribution is -2.41. The minimum absolute atomic E-state index is 0.385. The third-order valence-corrected chi connectivity index (χ3v) is 9.99. The normalized spacial score (nSPS) is 15.2. The quantitative estimate of drug-likeness (QED) is 0.162. The number of methoxy groups -OCH3 is 1. The molecule has 1 fully saturated rings. The second kappa shape index (κ2) is 12.0. The van der Waals surface area contributed by atoms with Crippen LogP contribution in [-0.2, 0) is 9.31 Å². The van der Waals surface area contributed by atoms with E-state index in [4.69, 9.17) is 18.5 Å². The zero-order valence-corrected chi connectivity index (χ0v) is 28.4. The van der Waals surface area contributed by atoms with Gasteiger partial charge in [0.05, 0.1) is 18.3 Å². The van der Waals surface area contributed by atoms with Crippen molar-refractivity contribution in [1.29, 1.82) is 0 Å². The molecule has 1 aliphatic heterocycles. The fourth-order valence-corrected chi connectivity index (χ4v) is 6.61. The van der Waals surface area contributed by atoms with Gasteiger partial charge in [-0.2, -0.15) is 0 Å². The smallest absolute Gasteiger partial charge is 0.494 e. The number of para-hydroxylation sites is 2. The predicted molar refractivity (Wildman–Crippen MR) is 202 cm³/mol. The van der Waals surface area contributed by atoms with Crippen LogP contribution in [0.3, 0.4) is 0 Å². The Morgan fingerprint density at radius 1 is 0.551 bits per heavy atom.